The topological polar surface area (TPSA) is 50.1 Å². The first-order chi connectivity index (χ1) is 5.71. The number of hydrogen-bond acceptors (Lipinski definition) is 3. The van der Waals surface area contributed by atoms with Crippen molar-refractivity contribution in [3.63, 3.8) is 0 Å². The van der Waals surface area contributed by atoms with E-state index in [1.807, 2.05) is 0 Å². The van der Waals surface area contributed by atoms with Crippen LogP contribution in [0.25, 0.3) is 0 Å². The molecule has 3 saturated carbocycles. The fourth-order valence-corrected chi connectivity index (χ4v) is 2.55. The molecule has 0 aromatic rings. The lowest BCUT2D eigenvalue weighted by Gasteiger charge is -2.31. The van der Waals surface area contributed by atoms with Crippen LogP contribution in [-0.2, 0) is 9.53 Å². The van der Waals surface area contributed by atoms with Crippen molar-refractivity contribution in [3.05, 3.63) is 0 Å². The highest BCUT2D eigenvalue weighted by molar-refractivity contribution is 5.74. The standard InChI is InChI=1S/C9H11NO2/c1-12-8(11)7-4-9(5-10)2-6(7)3-9/h6-7H,2-4H2,1H3. The predicted octanol–water partition coefficient (Wildman–Crippen LogP) is 1.10. The number of ether oxygens (including phenoxy) is 1. The first-order valence-corrected chi connectivity index (χ1v) is 4.20. The van der Waals surface area contributed by atoms with Crippen LogP contribution in [0.1, 0.15) is 19.3 Å². The molecule has 0 aliphatic heterocycles. The maximum absolute atomic E-state index is 11.2. The largest absolute Gasteiger partial charge is 0.469 e. The second-order valence-corrected chi connectivity index (χ2v) is 3.89. The minimum Gasteiger partial charge on any atom is -0.469 e. The number of hydrogen-bond donors (Lipinski definition) is 0. The van der Waals surface area contributed by atoms with E-state index >= 15 is 0 Å². The highest BCUT2D eigenvalue weighted by Crippen LogP contribution is 2.61. The van der Waals surface area contributed by atoms with E-state index in [0.29, 0.717) is 5.92 Å². The summed E-state index contributed by atoms with van der Waals surface area (Å²) in [5.74, 6) is 0.307. The summed E-state index contributed by atoms with van der Waals surface area (Å²) in [6, 6.07) is 2.31. The number of esters is 1. The average Bonchev–Trinajstić information content (AvgIpc) is 2.56. The monoisotopic (exact) mass is 165 g/mol. The Kier molecular flexibility index (Phi) is 1.41. The van der Waals surface area contributed by atoms with Gasteiger partial charge in [-0.3, -0.25) is 4.79 Å². The Morgan fingerprint density at radius 3 is 2.67 bits per heavy atom. The molecule has 12 heavy (non-hydrogen) atoms. The van der Waals surface area contributed by atoms with Gasteiger partial charge in [-0.25, -0.2) is 0 Å². The van der Waals surface area contributed by atoms with Gasteiger partial charge in [0.05, 0.1) is 24.5 Å². The summed E-state index contributed by atoms with van der Waals surface area (Å²) >= 11 is 0. The van der Waals surface area contributed by atoms with E-state index < -0.39 is 0 Å². The fourth-order valence-electron chi connectivity index (χ4n) is 2.55. The molecule has 0 aromatic carbocycles. The minimum absolute atomic E-state index is 0.00894. The van der Waals surface area contributed by atoms with Crippen molar-refractivity contribution in [1.29, 1.82) is 5.26 Å². The molecular formula is C9H11NO2. The van der Waals surface area contributed by atoms with Gasteiger partial charge in [0.1, 0.15) is 0 Å². The summed E-state index contributed by atoms with van der Waals surface area (Å²) in [6.45, 7) is 0. The molecule has 0 saturated heterocycles. The summed E-state index contributed by atoms with van der Waals surface area (Å²) < 4.78 is 4.67. The van der Waals surface area contributed by atoms with Gasteiger partial charge in [-0.1, -0.05) is 0 Å². The second-order valence-electron chi connectivity index (χ2n) is 3.89. The van der Waals surface area contributed by atoms with Crippen molar-refractivity contribution in [3.8, 4) is 6.07 Å². The quantitative estimate of drug-likeness (QED) is 0.546. The Bertz CT molecular complexity index is 260. The molecule has 2 bridgehead atoms. The molecule has 1 unspecified atom stereocenters. The lowest BCUT2D eigenvalue weighted by Crippen LogP contribution is -2.27. The number of carbonyl (C=O) groups excluding carboxylic acids is 1. The van der Waals surface area contributed by atoms with Gasteiger partial charge in [-0.15, -0.1) is 0 Å². The summed E-state index contributed by atoms with van der Waals surface area (Å²) in [6.07, 6.45) is 2.54. The number of methoxy groups -OCH3 is 1. The molecule has 0 radical (unpaired) electrons. The van der Waals surface area contributed by atoms with Gasteiger partial charge < -0.3 is 4.74 Å². The predicted molar refractivity (Wildman–Crippen MR) is 40.9 cm³/mol. The Labute approximate surface area is 71.3 Å². The molecule has 64 valence electrons. The van der Waals surface area contributed by atoms with E-state index in [9.17, 15) is 4.79 Å². The van der Waals surface area contributed by atoms with Crippen LogP contribution in [0.5, 0.6) is 0 Å². The zero-order valence-electron chi connectivity index (χ0n) is 7.04. The van der Waals surface area contributed by atoms with Crippen LogP contribution < -0.4 is 0 Å². The first kappa shape index (κ1) is 7.60. The fraction of sp³-hybridized carbons (Fsp3) is 0.778. The van der Waals surface area contributed by atoms with E-state index in [4.69, 9.17) is 5.26 Å². The molecule has 0 amide bonds. The average molecular weight is 165 g/mol. The minimum atomic E-state index is -0.163. The van der Waals surface area contributed by atoms with Crippen molar-refractivity contribution in [1.82, 2.24) is 0 Å². The van der Waals surface area contributed by atoms with Gasteiger partial charge in [0, 0.05) is 0 Å². The maximum Gasteiger partial charge on any atom is 0.308 e. The molecule has 3 aliphatic rings. The van der Waals surface area contributed by atoms with E-state index in [1.54, 1.807) is 0 Å². The first-order valence-electron chi connectivity index (χ1n) is 4.20. The number of carbonyl (C=O) groups is 1. The van der Waals surface area contributed by atoms with Crippen LogP contribution in [-0.4, -0.2) is 13.1 Å². The van der Waals surface area contributed by atoms with Gasteiger partial charge in [0.2, 0.25) is 0 Å². The van der Waals surface area contributed by atoms with Crippen LogP contribution in [0, 0.1) is 28.6 Å². The van der Waals surface area contributed by atoms with Crippen molar-refractivity contribution < 1.29 is 9.53 Å². The maximum atomic E-state index is 11.2. The summed E-state index contributed by atoms with van der Waals surface area (Å²) in [5, 5.41) is 8.83. The Morgan fingerprint density at radius 1 is 1.58 bits per heavy atom. The molecule has 0 N–H and O–H groups in total. The number of nitrogens with zero attached hydrogens (tertiary/aromatic N) is 1. The van der Waals surface area contributed by atoms with Crippen molar-refractivity contribution >= 4 is 5.97 Å². The van der Waals surface area contributed by atoms with Crippen LogP contribution in [0.2, 0.25) is 0 Å². The van der Waals surface area contributed by atoms with Crippen LogP contribution in [0.3, 0.4) is 0 Å². The number of rotatable bonds is 1. The smallest absolute Gasteiger partial charge is 0.308 e. The highest BCUT2D eigenvalue weighted by atomic mass is 16.5. The normalized spacial score (nSPS) is 43.0. The summed E-state index contributed by atoms with van der Waals surface area (Å²) in [4.78, 5) is 11.2. The molecule has 3 heteroatoms. The number of nitriles is 1. The number of fused-ring (bicyclic) bond motifs is 1. The van der Waals surface area contributed by atoms with Crippen LogP contribution in [0.4, 0.5) is 0 Å². The third kappa shape index (κ3) is 0.781. The van der Waals surface area contributed by atoms with Crippen LogP contribution >= 0.6 is 0 Å². The third-order valence-electron chi connectivity index (χ3n) is 3.23. The molecular weight excluding hydrogens is 154 g/mol. The Morgan fingerprint density at radius 2 is 2.25 bits per heavy atom. The van der Waals surface area contributed by atoms with Crippen molar-refractivity contribution in [2.45, 2.75) is 19.3 Å². The molecule has 3 fully saturated rings. The molecule has 3 rings (SSSR count). The third-order valence-corrected chi connectivity index (χ3v) is 3.23. The zero-order valence-corrected chi connectivity index (χ0v) is 7.04. The van der Waals surface area contributed by atoms with Crippen molar-refractivity contribution in [2.24, 2.45) is 17.3 Å². The highest BCUT2D eigenvalue weighted by Gasteiger charge is 2.59. The lowest BCUT2D eigenvalue weighted by molar-refractivity contribution is -0.146. The van der Waals surface area contributed by atoms with Gasteiger partial charge in [0.25, 0.3) is 0 Å². The van der Waals surface area contributed by atoms with Gasteiger partial charge >= 0.3 is 5.97 Å². The molecule has 0 heterocycles. The Balaban J connectivity index is 2.09. The van der Waals surface area contributed by atoms with Gasteiger partial charge in [-0.2, -0.15) is 5.26 Å². The molecule has 3 nitrogen and oxygen atoms in total. The van der Waals surface area contributed by atoms with E-state index in [0.717, 1.165) is 19.3 Å². The van der Waals surface area contributed by atoms with E-state index in [2.05, 4.69) is 10.8 Å². The van der Waals surface area contributed by atoms with E-state index in [-0.39, 0.29) is 17.3 Å². The Hall–Kier alpha value is -1.04. The molecule has 0 spiro atoms. The second kappa shape index (κ2) is 2.22. The summed E-state index contributed by atoms with van der Waals surface area (Å²) in [7, 11) is 1.41. The molecule has 1 atom stereocenters. The molecule has 0 aromatic heterocycles. The van der Waals surface area contributed by atoms with Gasteiger partial charge in [0.15, 0.2) is 0 Å². The summed E-state index contributed by atoms with van der Waals surface area (Å²) in [5.41, 5.74) is -0.163. The zero-order chi connectivity index (χ0) is 8.77. The molecule has 3 aliphatic carbocycles. The SMILES string of the molecule is COC(=O)C1CC2(C#N)CC1C2. The van der Waals surface area contributed by atoms with Crippen molar-refractivity contribution in [2.75, 3.05) is 7.11 Å². The van der Waals surface area contributed by atoms with E-state index in [1.165, 1.54) is 7.11 Å². The van der Waals surface area contributed by atoms with Crippen LogP contribution in [0.15, 0.2) is 0 Å². The lowest BCUT2D eigenvalue weighted by atomic mass is 9.70. The van der Waals surface area contributed by atoms with Gasteiger partial charge in [-0.05, 0) is 25.2 Å².